The maximum absolute atomic E-state index is 12.4. The predicted octanol–water partition coefficient (Wildman–Crippen LogP) is 6.37. The highest BCUT2D eigenvalue weighted by atomic mass is 35.5. The van der Waals surface area contributed by atoms with Crippen LogP contribution in [0.3, 0.4) is 0 Å². The van der Waals surface area contributed by atoms with Gasteiger partial charge >= 0.3 is 12.2 Å². The first-order valence-corrected chi connectivity index (χ1v) is 17.0. The van der Waals surface area contributed by atoms with Gasteiger partial charge in [-0.1, -0.05) is 11.6 Å². The van der Waals surface area contributed by atoms with Gasteiger partial charge in [-0.25, -0.2) is 19.1 Å². The molecule has 50 heavy (non-hydrogen) atoms. The number of phenols is 1. The standard InChI is InChI=1S/C35H46ClN9O5/c1-34(2,3)49-32(47)38-13-14-44-19-22(17-39-44)21-15-29-30(41-23-7-9-24(10-8-23)42-33(48)50-35(4,5)6)26(18-40-45(29)20-21)31(37)43-28-12-11-25(46)16-27(28)36/h11-12,15-20,23-24,41,46H,7-10,13-14H2,1-6H3,(H2,37,43)(H,38,47)(H,42,48)/t23-,24-. The van der Waals surface area contributed by atoms with Gasteiger partial charge in [-0.2, -0.15) is 10.2 Å². The topological polar surface area (TPSA) is 182 Å². The van der Waals surface area contributed by atoms with Crippen molar-refractivity contribution in [1.82, 2.24) is 30.0 Å². The first-order chi connectivity index (χ1) is 23.5. The molecular weight excluding hydrogens is 662 g/mol. The van der Waals surface area contributed by atoms with Crippen LogP contribution < -0.4 is 21.7 Å². The fraction of sp³-hybridized carbons (Fsp3) is 0.457. The second-order valence-corrected chi connectivity index (χ2v) is 14.8. The summed E-state index contributed by atoms with van der Waals surface area (Å²) in [5, 5.41) is 28.6. The normalized spacial score (nSPS) is 17.0. The van der Waals surface area contributed by atoms with Crippen LogP contribution in [0.15, 0.2) is 54.0 Å². The number of halogens is 1. The van der Waals surface area contributed by atoms with E-state index in [0.29, 0.717) is 24.3 Å². The first kappa shape index (κ1) is 36.3. The van der Waals surface area contributed by atoms with Crippen molar-refractivity contribution >= 4 is 46.5 Å². The largest absolute Gasteiger partial charge is 0.508 e. The number of aromatic nitrogens is 4. The van der Waals surface area contributed by atoms with Crippen LogP contribution in [0, 0.1) is 0 Å². The number of phenolic OH excluding ortho intramolecular Hbond substituents is 1. The summed E-state index contributed by atoms with van der Waals surface area (Å²) in [6, 6.07) is 6.61. The van der Waals surface area contributed by atoms with E-state index in [1.807, 2.05) is 60.0 Å². The van der Waals surface area contributed by atoms with E-state index in [1.54, 1.807) is 27.7 Å². The Labute approximate surface area is 296 Å². The van der Waals surface area contributed by atoms with Crippen LogP contribution in [0.5, 0.6) is 5.75 Å². The third-order valence-electron chi connectivity index (χ3n) is 7.86. The number of benzene rings is 1. The molecule has 1 fully saturated rings. The van der Waals surface area contributed by atoms with Gasteiger partial charge in [0.05, 0.1) is 46.4 Å². The monoisotopic (exact) mass is 707 g/mol. The molecule has 0 bridgehead atoms. The molecule has 4 aromatic rings. The molecule has 3 aromatic heterocycles. The lowest BCUT2D eigenvalue weighted by Gasteiger charge is -2.31. The molecule has 2 amide bonds. The summed E-state index contributed by atoms with van der Waals surface area (Å²) in [6.07, 6.45) is 9.49. The number of fused-ring (bicyclic) bond motifs is 1. The summed E-state index contributed by atoms with van der Waals surface area (Å²) in [7, 11) is 0. The number of rotatable bonds is 9. The lowest BCUT2D eigenvalue weighted by molar-refractivity contribution is 0.0488. The van der Waals surface area contributed by atoms with Crippen LogP contribution >= 0.6 is 11.6 Å². The molecule has 14 nitrogen and oxygen atoms in total. The third-order valence-corrected chi connectivity index (χ3v) is 8.16. The minimum absolute atomic E-state index is 0.0128. The van der Waals surface area contributed by atoms with Crippen LogP contribution in [0.1, 0.15) is 72.8 Å². The van der Waals surface area contributed by atoms with E-state index in [2.05, 4.69) is 31.1 Å². The lowest BCUT2D eigenvalue weighted by Crippen LogP contribution is -2.42. The molecule has 0 radical (unpaired) electrons. The minimum atomic E-state index is -0.574. The van der Waals surface area contributed by atoms with Crippen molar-refractivity contribution in [2.45, 2.75) is 97.1 Å². The number of anilines is 1. The van der Waals surface area contributed by atoms with Gasteiger partial charge in [0, 0.05) is 48.2 Å². The van der Waals surface area contributed by atoms with Crippen molar-refractivity contribution in [3.63, 3.8) is 0 Å². The van der Waals surface area contributed by atoms with Gasteiger partial charge in [0.15, 0.2) is 0 Å². The highest BCUT2D eigenvalue weighted by molar-refractivity contribution is 6.33. The zero-order valence-electron chi connectivity index (χ0n) is 29.3. The molecule has 0 saturated heterocycles. The Balaban J connectivity index is 1.38. The Bertz CT molecular complexity index is 1860. The molecule has 1 saturated carbocycles. The van der Waals surface area contributed by atoms with Gasteiger partial charge in [-0.05, 0) is 85.4 Å². The molecular formula is C35H46ClN9O5. The number of aliphatic imine (C=N–C) groups is 1. The van der Waals surface area contributed by atoms with Crippen molar-refractivity contribution in [1.29, 1.82) is 0 Å². The second kappa shape index (κ2) is 14.9. The van der Waals surface area contributed by atoms with E-state index < -0.39 is 23.4 Å². The Morgan fingerprint density at radius 3 is 2.32 bits per heavy atom. The van der Waals surface area contributed by atoms with Gasteiger partial charge < -0.3 is 36.3 Å². The molecule has 1 aliphatic carbocycles. The van der Waals surface area contributed by atoms with Crippen molar-refractivity contribution in [2.24, 2.45) is 10.7 Å². The zero-order chi connectivity index (χ0) is 36.2. The number of ether oxygens (including phenoxy) is 2. The van der Waals surface area contributed by atoms with E-state index in [1.165, 1.54) is 12.1 Å². The molecule has 268 valence electrons. The van der Waals surface area contributed by atoms with Crippen LogP contribution in [-0.2, 0) is 16.0 Å². The smallest absolute Gasteiger partial charge is 0.407 e. The number of nitrogens with one attached hydrogen (secondary N) is 3. The molecule has 1 aromatic carbocycles. The Hall–Kier alpha value is -4.98. The second-order valence-electron chi connectivity index (χ2n) is 14.4. The average molecular weight is 708 g/mol. The number of amides is 2. The van der Waals surface area contributed by atoms with Crippen molar-refractivity contribution in [3.05, 3.63) is 59.6 Å². The zero-order valence-corrected chi connectivity index (χ0v) is 30.0. The number of aromatic hydroxyl groups is 1. The van der Waals surface area contributed by atoms with Gasteiger partial charge in [-0.3, -0.25) is 4.68 Å². The van der Waals surface area contributed by atoms with E-state index >= 15 is 0 Å². The van der Waals surface area contributed by atoms with E-state index in [-0.39, 0.29) is 28.7 Å². The number of alkyl carbamates (subject to hydrolysis) is 2. The highest BCUT2D eigenvalue weighted by Gasteiger charge is 2.26. The lowest BCUT2D eigenvalue weighted by atomic mass is 9.91. The average Bonchev–Trinajstić information content (AvgIpc) is 3.65. The third kappa shape index (κ3) is 9.80. The summed E-state index contributed by atoms with van der Waals surface area (Å²) in [5.74, 6) is 0.224. The summed E-state index contributed by atoms with van der Waals surface area (Å²) < 4.78 is 14.3. The molecule has 0 aliphatic heterocycles. The molecule has 3 heterocycles. The van der Waals surface area contributed by atoms with Crippen LogP contribution in [0.4, 0.5) is 21.0 Å². The molecule has 0 spiro atoms. The van der Waals surface area contributed by atoms with E-state index in [0.717, 1.165) is 48.0 Å². The summed E-state index contributed by atoms with van der Waals surface area (Å²) in [6.45, 7) is 11.8. The molecule has 15 heteroatoms. The molecule has 0 atom stereocenters. The number of hydrogen-bond donors (Lipinski definition) is 5. The summed E-state index contributed by atoms with van der Waals surface area (Å²) >= 11 is 6.35. The van der Waals surface area contributed by atoms with Crippen LogP contribution in [-0.4, -0.2) is 72.4 Å². The highest BCUT2D eigenvalue weighted by Crippen LogP contribution is 2.33. The number of nitrogens with two attached hydrogens (primary N) is 1. The molecule has 0 unspecified atom stereocenters. The first-order valence-electron chi connectivity index (χ1n) is 16.6. The van der Waals surface area contributed by atoms with Crippen molar-refractivity contribution in [2.75, 3.05) is 11.9 Å². The summed E-state index contributed by atoms with van der Waals surface area (Å²) in [4.78, 5) is 29.0. The number of hydrogen-bond acceptors (Lipinski definition) is 9. The van der Waals surface area contributed by atoms with E-state index in [9.17, 15) is 14.7 Å². The maximum atomic E-state index is 12.4. The Morgan fingerprint density at radius 2 is 1.64 bits per heavy atom. The molecule has 5 rings (SSSR count). The van der Waals surface area contributed by atoms with Crippen LogP contribution in [0.25, 0.3) is 16.6 Å². The van der Waals surface area contributed by atoms with Gasteiger partial charge in [0.25, 0.3) is 0 Å². The number of carbonyl (C=O) groups is 2. The van der Waals surface area contributed by atoms with Crippen molar-refractivity contribution in [3.8, 4) is 16.9 Å². The number of nitrogens with zero attached hydrogens (tertiary/aromatic N) is 5. The van der Waals surface area contributed by atoms with Gasteiger partial charge in [-0.15, -0.1) is 0 Å². The fourth-order valence-corrected chi connectivity index (χ4v) is 5.84. The quantitative estimate of drug-likeness (QED) is 0.0975. The number of carbonyl (C=O) groups excluding carboxylic acids is 2. The SMILES string of the molecule is CC(C)(C)OC(=O)NCCn1cc(-c2cc3c(N[C@H]4CC[C@H](NC(=O)OC(C)(C)C)CC4)c(/C(N)=N/c4ccc(O)cc4Cl)cnn3c2)cn1. The van der Waals surface area contributed by atoms with Crippen LogP contribution in [0.2, 0.25) is 5.02 Å². The maximum Gasteiger partial charge on any atom is 0.407 e. The molecule has 6 N–H and O–H groups in total. The number of amidine groups is 1. The van der Waals surface area contributed by atoms with E-state index in [4.69, 9.17) is 26.8 Å². The molecule has 1 aliphatic rings. The van der Waals surface area contributed by atoms with Crippen molar-refractivity contribution < 1.29 is 24.2 Å². The van der Waals surface area contributed by atoms with Gasteiger partial charge in [0.1, 0.15) is 22.8 Å². The Morgan fingerprint density at radius 1 is 0.960 bits per heavy atom. The minimum Gasteiger partial charge on any atom is -0.508 e. The Kier molecular flexibility index (Phi) is 10.8. The predicted molar refractivity (Wildman–Crippen MR) is 193 cm³/mol. The van der Waals surface area contributed by atoms with Gasteiger partial charge in [0.2, 0.25) is 0 Å². The fourth-order valence-electron chi connectivity index (χ4n) is 5.62. The summed E-state index contributed by atoms with van der Waals surface area (Å²) in [5.41, 5.74) is 9.74.